The lowest BCUT2D eigenvalue weighted by Gasteiger charge is -2.22. The first-order chi connectivity index (χ1) is 12.9. The fraction of sp³-hybridized carbons (Fsp3) is 0.316. The predicted octanol–water partition coefficient (Wildman–Crippen LogP) is 2.82. The molecule has 0 saturated heterocycles. The maximum absolute atomic E-state index is 12.4. The topological polar surface area (TPSA) is 77.4 Å². The van der Waals surface area contributed by atoms with E-state index in [0.29, 0.717) is 29.4 Å². The summed E-state index contributed by atoms with van der Waals surface area (Å²) in [6, 6.07) is 12.3. The predicted molar refractivity (Wildman–Crippen MR) is 103 cm³/mol. The Bertz CT molecular complexity index is 950. The maximum Gasteiger partial charge on any atom is 0.247 e. The number of rotatable bonds is 6. The van der Waals surface area contributed by atoms with E-state index in [-0.39, 0.29) is 0 Å². The van der Waals surface area contributed by atoms with Crippen molar-refractivity contribution in [1.82, 2.24) is 4.41 Å². The minimum atomic E-state index is -3.58. The number of nitrogens with zero attached hydrogens (tertiary/aromatic N) is 2. The average molecular weight is 390 g/mol. The Morgan fingerprint density at radius 3 is 2.19 bits per heavy atom. The molecule has 3 rings (SSSR count). The van der Waals surface area contributed by atoms with Crippen LogP contribution in [0.25, 0.3) is 0 Å². The molecule has 1 aliphatic heterocycles. The second kappa shape index (κ2) is 7.48. The highest BCUT2D eigenvalue weighted by molar-refractivity contribution is 7.88. The van der Waals surface area contributed by atoms with Crippen LogP contribution >= 0.6 is 0 Å². The van der Waals surface area contributed by atoms with E-state index in [1.54, 1.807) is 39.5 Å². The third-order valence-electron chi connectivity index (χ3n) is 4.39. The van der Waals surface area contributed by atoms with E-state index in [4.69, 9.17) is 14.2 Å². The zero-order valence-electron chi connectivity index (χ0n) is 15.7. The monoisotopic (exact) mass is 390 g/mol. The van der Waals surface area contributed by atoms with E-state index in [9.17, 15) is 8.42 Å². The van der Waals surface area contributed by atoms with Gasteiger partial charge in [-0.2, -0.15) is 9.52 Å². The number of ether oxygens (including phenoxy) is 3. The first-order valence-electron chi connectivity index (χ1n) is 8.30. The van der Waals surface area contributed by atoms with Crippen LogP contribution in [0.15, 0.2) is 47.6 Å². The fourth-order valence-electron chi connectivity index (χ4n) is 3.11. The SMILES string of the molecule is COc1cc(OC)cc([C@H]2CC(c3ccccc3OC)=NN2S(C)(=O)=O)c1. The van der Waals surface area contributed by atoms with Gasteiger partial charge in [0.2, 0.25) is 10.0 Å². The third-order valence-corrected chi connectivity index (χ3v) is 5.40. The van der Waals surface area contributed by atoms with Gasteiger partial charge in [0, 0.05) is 18.1 Å². The Morgan fingerprint density at radius 2 is 1.63 bits per heavy atom. The highest BCUT2D eigenvalue weighted by Gasteiger charge is 2.35. The maximum atomic E-state index is 12.4. The van der Waals surface area contributed by atoms with Crippen molar-refractivity contribution >= 4 is 15.7 Å². The molecule has 1 aliphatic rings. The third kappa shape index (κ3) is 3.85. The summed E-state index contributed by atoms with van der Waals surface area (Å²) in [5, 5.41) is 4.41. The molecule has 1 heterocycles. The van der Waals surface area contributed by atoms with Crippen LogP contribution in [0.2, 0.25) is 0 Å². The standard InChI is InChI=1S/C19H22N2O5S/c1-24-14-9-13(10-15(11-14)25-2)18-12-17(20-21(18)27(4,22)23)16-7-5-6-8-19(16)26-3/h5-11,18H,12H2,1-4H3/t18-/m1/s1. The van der Waals surface area contributed by atoms with Crippen molar-refractivity contribution in [2.45, 2.75) is 12.5 Å². The van der Waals surface area contributed by atoms with E-state index in [1.165, 1.54) is 0 Å². The molecule has 8 heteroatoms. The van der Waals surface area contributed by atoms with Gasteiger partial charge < -0.3 is 14.2 Å². The molecule has 0 bridgehead atoms. The summed E-state index contributed by atoms with van der Waals surface area (Å²) in [5.74, 6) is 1.82. The van der Waals surface area contributed by atoms with Gasteiger partial charge in [0.15, 0.2) is 0 Å². The smallest absolute Gasteiger partial charge is 0.247 e. The molecule has 0 unspecified atom stereocenters. The van der Waals surface area contributed by atoms with Crippen LogP contribution in [-0.4, -0.2) is 46.1 Å². The summed E-state index contributed by atoms with van der Waals surface area (Å²) in [6.07, 6.45) is 1.55. The number of hydrazone groups is 1. The molecule has 0 radical (unpaired) electrons. The molecule has 0 N–H and O–H groups in total. The van der Waals surface area contributed by atoms with Crippen LogP contribution in [0.1, 0.15) is 23.6 Å². The van der Waals surface area contributed by atoms with Crippen LogP contribution in [0, 0.1) is 0 Å². The van der Waals surface area contributed by atoms with E-state index < -0.39 is 16.1 Å². The highest BCUT2D eigenvalue weighted by Crippen LogP contribution is 2.38. The Hall–Kier alpha value is -2.74. The molecule has 0 fully saturated rings. The Labute approximate surface area is 159 Å². The number of hydrogen-bond donors (Lipinski definition) is 0. The molecular formula is C19H22N2O5S. The molecule has 0 saturated carbocycles. The number of para-hydroxylation sites is 1. The van der Waals surface area contributed by atoms with E-state index in [2.05, 4.69) is 5.10 Å². The van der Waals surface area contributed by atoms with Gasteiger partial charge in [-0.15, -0.1) is 0 Å². The number of benzene rings is 2. The summed E-state index contributed by atoms with van der Waals surface area (Å²) in [6.45, 7) is 0. The van der Waals surface area contributed by atoms with Crippen molar-refractivity contribution in [3.63, 3.8) is 0 Å². The van der Waals surface area contributed by atoms with Gasteiger partial charge in [-0.25, -0.2) is 8.42 Å². The van der Waals surface area contributed by atoms with Crippen LogP contribution in [-0.2, 0) is 10.0 Å². The van der Waals surface area contributed by atoms with Crippen molar-refractivity contribution < 1.29 is 22.6 Å². The minimum Gasteiger partial charge on any atom is -0.497 e. The van der Waals surface area contributed by atoms with Crippen LogP contribution < -0.4 is 14.2 Å². The second-order valence-electron chi connectivity index (χ2n) is 6.15. The highest BCUT2D eigenvalue weighted by atomic mass is 32.2. The van der Waals surface area contributed by atoms with Gasteiger partial charge in [0.25, 0.3) is 0 Å². The van der Waals surface area contributed by atoms with E-state index >= 15 is 0 Å². The van der Waals surface area contributed by atoms with E-state index in [1.807, 2.05) is 24.3 Å². The normalized spacial score (nSPS) is 16.8. The molecule has 7 nitrogen and oxygen atoms in total. The summed E-state index contributed by atoms with van der Waals surface area (Å²) in [5.41, 5.74) is 2.15. The van der Waals surface area contributed by atoms with Gasteiger partial charge in [0.05, 0.1) is 39.3 Å². The lowest BCUT2D eigenvalue weighted by Crippen LogP contribution is -2.26. The summed E-state index contributed by atoms with van der Waals surface area (Å²) in [4.78, 5) is 0. The van der Waals surface area contributed by atoms with E-state index in [0.717, 1.165) is 21.8 Å². The first-order valence-corrected chi connectivity index (χ1v) is 10.2. The Balaban J connectivity index is 2.07. The summed E-state index contributed by atoms with van der Waals surface area (Å²) >= 11 is 0. The molecule has 0 spiro atoms. The van der Waals surface area contributed by atoms with Crippen LogP contribution in [0.3, 0.4) is 0 Å². The molecular weight excluding hydrogens is 368 g/mol. The zero-order chi connectivity index (χ0) is 19.6. The molecule has 0 aliphatic carbocycles. The van der Waals surface area contributed by atoms with Crippen molar-refractivity contribution in [3.8, 4) is 17.2 Å². The first kappa shape index (κ1) is 19.0. The molecule has 27 heavy (non-hydrogen) atoms. The molecule has 2 aromatic carbocycles. The Kier molecular flexibility index (Phi) is 5.27. The fourth-order valence-corrected chi connectivity index (χ4v) is 4.02. The summed E-state index contributed by atoms with van der Waals surface area (Å²) < 4.78 is 42.0. The quantitative estimate of drug-likeness (QED) is 0.758. The molecule has 144 valence electrons. The number of methoxy groups -OCH3 is 3. The van der Waals surface area contributed by atoms with Gasteiger partial charge in [0.1, 0.15) is 17.2 Å². The van der Waals surface area contributed by atoms with Crippen molar-refractivity contribution in [2.24, 2.45) is 5.10 Å². The van der Waals surface area contributed by atoms with Crippen molar-refractivity contribution in [3.05, 3.63) is 53.6 Å². The Morgan fingerprint density at radius 1 is 1.00 bits per heavy atom. The molecule has 2 aromatic rings. The minimum absolute atomic E-state index is 0.407. The van der Waals surface area contributed by atoms with Gasteiger partial charge in [-0.3, -0.25) is 0 Å². The largest absolute Gasteiger partial charge is 0.497 e. The zero-order valence-corrected chi connectivity index (χ0v) is 16.5. The average Bonchev–Trinajstić information content (AvgIpc) is 3.13. The molecule has 1 atom stereocenters. The van der Waals surface area contributed by atoms with Gasteiger partial charge >= 0.3 is 0 Å². The molecule has 0 aromatic heterocycles. The van der Waals surface area contributed by atoms with Gasteiger partial charge in [-0.1, -0.05) is 12.1 Å². The number of sulfonamides is 1. The lowest BCUT2D eigenvalue weighted by atomic mass is 9.98. The van der Waals surface area contributed by atoms with Crippen molar-refractivity contribution in [1.29, 1.82) is 0 Å². The van der Waals surface area contributed by atoms with Crippen molar-refractivity contribution in [2.75, 3.05) is 27.6 Å². The second-order valence-corrected chi connectivity index (χ2v) is 7.99. The summed E-state index contributed by atoms with van der Waals surface area (Å²) in [7, 11) is 1.11. The van der Waals surface area contributed by atoms with Crippen LogP contribution in [0.5, 0.6) is 17.2 Å². The lowest BCUT2D eigenvalue weighted by molar-refractivity contribution is 0.364. The van der Waals surface area contributed by atoms with Gasteiger partial charge in [-0.05, 0) is 29.8 Å². The molecule has 0 amide bonds. The number of hydrogen-bond acceptors (Lipinski definition) is 6. The van der Waals surface area contributed by atoms with Crippen LogP contribution in [0.4, 0.5) is 0 Å².